The van der Waals surface area contributed by atoms with Gasteiger partial charge in [-0.1, -0.05) is 12.0 Å². The lowest BCUT2D eigenvalue weighted by Crippen LogP contribution is -2.24. The third kappa shape index (κ3) is 4.74. The summed E-state index contributed by atoms with van der Waals surface area (Å²) in [6.45, 7) is -0.176. The molecule has 0 unspecified atom stereocenters. The van der Waals surface area contributed by atoms with Crippen molar-refractivity contribution >= 4 is 32.7 Å². The molecule has 0 atom stereocenters. The second kappa shape index (κ2) is 8.82. The Morgan fingerprint density at radius 3 is 2.70 bits per heavy atom. The van der Waals surface area contributed by atoms with E-state index in [2.05, 4.69) is 25.9 Å². The Morgan fingerprint density at radius 2 is 1.91 bits per heavy atom. The molecule has 0 aliphatic rings. The highest BCUT2D eigenvalue weighted by atomic mass is 32.2. The van der Waals surface area contributed by atoms with Gasteiger partial charge in [0.15, 0.2) is 0 Å². The van der Waals surface area contributed by atoms with Crippen LogP contribution in [-0.4, -0.2) is 30.8 Å². The van der Waals surface area contributed by atoms with Gasteiger partial charge in [-0.3, -0.25) is 4.79 Å². The molecule has 3 aromatic carbocycles. The van der Waals surface area contributed by atoms with E-state index in [0.29, 0.717) is 16.7 Å². The van der Waals surface area contributed by atoms with Gasteiger partial charge in [0.05, 0.1) is 28.0 Å². The van der Waals surface area contributed by atoms with Gasteiger partial charge in [-0.15, -0.1) is 6.42 Å². The monoisotopic (exact) mass is 466 g/mol. The van der Waals surface area contributed by atoms with Crippen molar-refractivity contribution < 1.29 is 22.0 Å². The number of nitrogens with one attached hydrogen (secondary N) is 3. The smallest absolute Gasteiger partial charge is 0.255 e. The maximum absolute atomic E-state index is 14.1. The Hall–Kier alpha value is -4.07. The highest BCUT2D eigenvalue weighted by molar-refractivity contribution is 7.89. The lowest BCUT2D eigenvalue weighted by molar-refractivity contribution is 0.102. The van der Waals surface area contributed by atoms with Gasteiger partial charge < -0.3 is 10.3 Å². The zero-order valence-electron chi connectivity index (χ0n) is 16.9. The van der Waals surface area contributed by atoms with E-state index in [4.69, 9.17) is 6.42 Å². The molecular formula is C23H16F2N4O3S. The second-order valence-electron chi connectivity index (χ2n) is 6.95. The van der Waals surface area contributed by atoms with Crippen LogP contribution in [0.1, 0.15) is 10.4 Å². The Kier molecular flexibility index (Phi) is 5.91. The first-order valence-corrected chi connectivity index (χ1v) is 11.0. The Bertz CT molecular complexity index is 1520. The molecule has 4 aromatic rings. The third-order valence-corrected chi connectivity index (χ3v) is 6.09. The second-order valence-corrected chi connectivity index (χ2v) is 8.72. The van der Waals surface area contributed by atoms with E-state index in [1.807, 2.05) is 0 Å². The molecule has 1 amide bonds. The summed E-state index contributed by atoms with van der Waals surface area (Å²) in [5, 5.41) is 2.67. The highest BCUT2D eigenvalue weighted by Crippen LogP contribution is 2.26. The highest BCUT2D eigenvalue weighted by Gasteiger charge is 2.16. The van der Waals surface area contributed by atoms with Crippen molar-refractivity contribution in [1.29, 1.82) is 0 Å². The minimum atomic E-state index is -3.85. The summed E-state index contributed by atoms with van der Waals surface area (Å²) in [5.41, 5.74) is 1.46. The van der Waals surface area contributed by atoms with E-state index in [-0.39, 0.29) is 28.4 Å². The molecule has 0 saturated carbocycles. The van der Waals surface area contributed by atoms with Crippen molar-refractivity contribution in [2.75, 3.05) is 11.9 Å². The minimum Gasteiger partial charge on any atom is -0.338 e. The number of imidazole rings is 1. The molecule has 166 valence electrons. The first-order chi connectivity index (χ1) is 15.8. The number of carbonyl (C=O) groups is 1. The van der Waals surface area contributed by atoms with Crippen molar-refractivity contribution in [2.24, 2.45) is 0 Å². The number of nitrogens with zero attached hydrogens (tertiary/aromatic N) is 1. The molecule has 7 nitrogen and oxygen atoms in total. The van der Waals surface area contributed by atoms with Crippen molar-refractivity contribution in [3.05, 3.63) is 77.9 Å². The van der Waals surface area contributed by atoms with Gasteiger partial charge in [-0.2, -0.15) is 4.72 Å². The number of H-pyrrole nitrogens is 1. The van der Waals surface area contributed by atoms with E-state index in [0.717, 1.165) is 18.2 Å². The number of rotatable bonds is 6. The zero-order chi connectivity index (χ0) is 23.6. The fraction of sp³-hybridized carbons (Fsp3) is 0.0435. The molecule has 0 bridgehead atoms. The van der Waals surface area contributed by atoms with E-state index >= 15 is 0 Å². The van der Waals surface area contributed by atoms with Crippen molar-refractivity contribution in [3.63, 3.8) is 0 Å². The van der Waals surface area contributed by atoms with Crippen molar-refractivity contribution in [1.82, 2.24) is 14.7 Å². The fourth-order valence-corrected chi connectivity index (χ4v) is 4.10. The number of fused-ring (bicyclic) bond motifs is 1. The lowest BCUT2D eigenvalue weighted by Gasteiger charge is -2.08. The molecule has 0 fully saturated rings. The number of halogens is 2. The molecule has 0 saturated heterocycles. The van der Waals surface area contributed by atoms with E-state index in [9.17, 15) is 22.0 Å². The summed E-state index contributed by atoms with van der Waals surface area (Å²) < 4.78 is 54.3. The number of anilines is 1. The summed E-state index contributed by atoms with van der Waals surface area (Å²) in [6.07, 6.45) is 5.08. The minimum absolute atomic E-state index is 0.0201. The summed E-state index contributed by atoms with van der Waals surface area (Å²) in [7, 11) is -3.85. The van der Waals surface area contributed by atoms with E-state index in [1.165, 1.54) is 24.3 Å². The Morgan fingerprint density at radius 1 is 1.09 bits per heavy atom. The number of aromatic nitrogens is 2. The van der Waals surface area contributed by atoms with Gasteiger partial charge in [0.25, 0.3) is 5.91 Å². The molecule has 1 heterocycles. The number of hydrogen-bond donors (Lipinski definition) is 3. The largest absolute Gasteiger partial charge is 0.338 e. The lowest BCUT2D eigenvalue weighted by atomic mass is 10.2. The van der Waals surface area contributed by atoms with Crippen molar-refractivity contribution in [3.8, 4) is 23.7 Å². The SMILES string of the molecule is C#CCNS(=O)(=O)c1cccc(C(=O)Nc2ccc3nc(-c4cc(F)ccc4F)[nH]c3c2)c1. The van der Waals surface area contributed by atoms with Crippen LogP contribution in [0.3, 0.4) is 0 Å². The van der Waals surface area contributed by atoms with Crippen LogP contribution in [0, 0.1) is 24.0 Å². The normalized spacial score (nSPS) is 11.3. The maximum Gasteiger partial charge on any atom is 0.255 e. The molecule has 10 heteroatoms. The fourth-order valence-electron chi connectivity index (χ4n) is 3.12. The molecule has 0 spiro atoms. The predicted octanol–water partition coefficient (Wildman–Crippen LogP) is 3.67. The first-order valence-electron chi connectivity index (χ1n) is 9.56. The molecule has 1 aromatic heterocycles. The van der Waals surface area contributed by atoms with Crippen LogP contribution in [0.15, 0.2) is 65.6 Å². The van der Waals surface area contributed by atoms with Gasteiger partial charge in [0.2, 0.25) is 10.0 Å². The Balaban J connectivity index is 1.58. The molecule has 0 aliphatic heterocycles. The number of hydrogen-bond acceptors (Lipinski definition) is 4. The van der Waals surface area contributed by atoms with Gasteiger partial charge >= 0.3 is 0 Å². The quantitative estimate of drug-likeness (QED) is 0.377. The number of sulfonamides is 1. The Labute approximate surface area is 187 Å². The van der Waals surface area contributed by atoms with Crippen LogP contribution >= 0.6 is 0 Å². The summed E-state index contributed by atoms with van der Waals surface area (Å²) in [6, 6.07) is 13.3. The first kappa shape index (κ1) is 22.1. The van der Waals surface area contributed by atoms with E-state index < -0.39 is 27.6 Å². The van der Waals surface area contributed by atoms with Crippen molar-refractivity contribution in [2.45, 2.75) is 4.90 Å². The standard InChI is InChI=1S/C23H16F2N4O3S/c1-2-10-26-33(31,32)17-5-3-4-14(11-17)23(30)27-16-7-9-20-21(13-16)29-22(28-20)18-12-15(24)6-8-19(18)25/h1,3-9,11-13,26H,10H2,(H,27,30)(H,28,29). The van der Waals surface area contributed by atoms with Crippen LogP contribution in [0.5, 0.6) is 0 Å². The average Bonchev–Trinajstić information content (AvgIpc) is 3.22. The molecule has 0 aliphatic carbocycles. The molecular weight excluding hydrogens is 450 g/mol. The van der Waals surface area contributed by atoms with Crippen LogP contribution in [0.25, 0.3) is 22.4 Å². The number of aromatic amines is 1. The average molecular weight is 466 g/mol. The predicted molar refractivity (Wildman–Crippen MR) is 120 cm³/mol. The molecule has 0 radical (unpaired) electrons. The molecule has 3 N–H and O–H groups in total. The number of benzene rings is 3. The number of terminal acetylenes is 1. The topological polar surface area (TPSA) is 104 Å². The summed E-state index contributed by atoms with van der Waals surface area (Å²) in [4.78, 5) is 19.7. The van der Waals surface area contributed by atoms with Gasteiger partial charge in [0.1, 0.15) is 17.5 Å². The van der Waals surface area contributed by atoms with E-state index in [1.54, 1.807) is 18.2 Å². The van der Waals surface area contributed by atoms with Crippen LogP contribution in [-0.2, 0) is 10.0 Å². The number of amides is 1. The molecule has 33 heavy (non-hydrogen) atoms. The summed E-state index contributed by atoms with van der Waals surface area (Å²) >= 11 is 0. The van der Waals surface area contributed by atoms with Gasteiger partial charge in [-0.25, -0.2) is 22.2 Å². The third-order valence-electron chi connectivity index (χ3n) is 4.69. The molecule has 4 rings (SSSR count). The van der Waals surface area contributed by atoms with Gasteiger partial charge in [-0.05, 0) is 54.6 Å². The summed E-state index contributed by atoms with van der Waals surface area (Å²) in [5.74, 6) is 0.551. The van der Waals surface area contributed by atoms with Crippen LogP contribution < -0.4 is 10.0 Å². The number of carbonyl (C=O) groups excluding carboxylic acids is 1. The van der Waals surface area contributed by atoms with Crippen LogP contribution in [0.4, 0.5) is 14.5 Å². The van der Waals surface area contributed by atoms with Gasteiger partial charge in [0, 0.05) is 11.3 Å². The van der Waals surface area contributed by atoms with Crippen LogP contribution in [0.2, 0.25) is 0 Å². The maximum atomic E-state index is 14.1. The zero-order valence-corrected chi connectivity index (χ0v) is 17.7.